The van der Waals surface area contributed by atoms with Crippen molar-refractivity contribution < 1.29 is 29.0 Å². The largest absolute Gasteiger partial charge is 0.480 e. The molecule has 0 unspecified atom stereocenters. The highest BCUT2D eigenvalue weighted by atomic mass is 16.5. The zero-order chi connectivity index (χ0) is 16.3. The Kier molecular flexibility index (Phi) is 9.95. The molecule has 0 spiro atoms. The van der Waals surface area contributed by atoms with Gasteiger partial charge in [-0.25, -0.2) is 4.79 Å². The highest BCUT2D eigenvalue weighted by molar-refractivity contribution is 5.80. The summed E-state index contributed by atoms with van der Waals surface area (Å²) in [4.78, 5) is 37.0. The minimum atomic E-state index is -1.07. The maximum Gasteiger partial charge on any atom is 0.323 e. The van der Waals surface area contributed by atoms with E-state index in [1.54, 1.807) is 0 Å². The first-order valence-corrected chi connectivity index (χ1v) is 6.77. The fourth-order valence-corrected chi connectivity index (χ4v) is 1.71. The number of hydrogen-bond donors (Lipinski definition) is 1. The number of hydrogen-bond acceptors (Lipinski definition) is 5. The van der Waals surface area contributed by atoms with E-state index in [1.807, 2.05) is 6.92 Å². The molecule has 0 aromatic carbocycles. The van der Waals surface area contributed by atoms with Crippen molar-refractivity contribution >= 4 is 18.0 Å². The topological polar surface area (TPSA) is 96.4 Å². The second-order valence-corrected chi connectivity index (χ2v) is 4.40. The summed E-state index contributed by atoms with van der Waals surface area (Å²) in [6.07, 6.45) is 0.702. The fourth-order valence-electron chi connectivity index (χ4n) is 1.71. The normalized spacial score (nSPS) is 10.0. The molecule has 0 rings (SSSR count). The zero-order valence-corrected chi connectivity index (χ0v) is 12.8. The number of aliphatic carboxylic acids is 1. The fraction of sp³-hybridized carbons (Fsp3) is 0.769. The monoisotopic (exact) mass is 304 g/mol. The van der Waals surface area contributed by atoms with E-state index >= 15 is 0 Å². The van der Waals surface area contributed by atoms with Crippen molar-refractivity contribution in [2.45, 2.75) is 19.8 Å². The first-order chi connectivity index (χ1) is 9.96. The van der Waals surface area contributed by atoms with Crippen LogP contribution in [0.2, 0.25) is 0 Å². The highest BCUT2D eigenvalue weighted by Gasteiger charge is 2.22. The summed E-state index contributed by atoms with van der Waals surface area (Å²) in [5.74, 6) is -1.50. The number of urea groups is 1. The van der Waals surface area contributed by atoms with Crippen LogP contribution in [0.15, 0.2) is 0 Å². The number of carboxylic acid groups (broad SMARTS) is 1. The van der Waals surface area contributed by atoms with E-state index in [4.69, 9.17) is 9.84 Å². The van der Waals surface area contributed by atoms with Crippen LogP contribution >= 0.6 is 0 Å². The Morgan fingerprint density at radius 3 is 2.19 bits per heavy atom. The summed E-state index contributed by atoms with van der Waals surface area (Å²) in [6.45, 7) is 2.58. The van der Waals surface area contributed by atoms with Gasteiger partial charge in [0.25, 0.3) is 0 Å². The molecule has 0 heterocycles. The lowest BCUT2D eigenvalue weighted by Crippen LogP contribution is -2.47. The van der Waals surface area contributed by atoms with Crippen LogP contribution in [-0.2, 0) is 19.1 Å². The average molecular weight is 304 g/mol. The van der Waals surface area contributed by atoms with Gasteiger partial charge in [-0.15, -0.1) is 0 Å². The van der Waals surface area contributed by atoms with Crippen LogP contribution in [0.3, 0.4) is 0 Å². The van der Waals surface area contributed by atoms with Gasteiger partial charge in [0, 0.05) is 26.7 Å². The Balaban J connectivity index is 4.77. The molecule has 0 atom stereocenters. The van der Waals surface area contributed by atoms with Gasteiger partial charge >= 0.3 is 18.0 Å². The van der Waals surface area contributed by atoms with Crippen molar-refractivity contribution in [3.8, 4) is 0 Å². The molecular formula is C13H24N2O6. The second-order valence-electron chi connectivity index (χ2n) is 4.40. The first kappa shape index (κ1) is 19.2. The van der Waals surface area contributed by atoms with Crippen molar-refractivity contribution in [3.05, 3.63) is 0 Å². The molecule has 21 heavy (non-hydrogen) atoms. The Morgan fingerprint density at radius 1 is 1.05 bits per heavy atom. The Hall–Kier alpha value is -1.83. The summed E-state index contributed by atoms with van der Waals surface area (Å²) in [5, 5.41) is 8.86. The van der Waals surface area contributed by atoms with Crippen molar-refractivity contribution in [1.29, 1.82) is 0 Å². The van der Waals surface area contributed by atoms with Gasteiger partial charge in [-0.1, -0.05) is 6.92 Å². The number of ether oxygens (including phenoxy) is 2. The van der Waals surface area contributed by atoms with E-state index in [1.165, 1.54) is 24.0 Å². The minimum Gasteiger partial charge on any atom is -0.480 e. The van der Waals surface area contributed by atoms with E-state index in [9.17, 15) is 14.4 Å². The predicted octanol–water partition coefficient (Wildman–Crippen LogP) is 0.415. The molecule has 0 aliphatic heterocycles. The first-order valence-electron chi connectivity index (χ1n) is 6.77. The van der Waals surface area contributed by atoms with Crippen LogP contribution in [-0.4, -0.2) is 79.9 Å². The van der Waals surface area contributed by atoms with Gasteiger partial charge in [-0.3, -0.25) is 9.59 Å². The molecule has 0 aliphatic carbocycles. The number of carboxylic acids is 1. The lowest BCUT2D eigenvalue weighted by molar-refractivity contribution is -0.141. The Labute approximate surface area is 124 Å². The minimum absolute atomic E-state index is 0.0546. The van der Waals surface area contributed by atoms with Crippen molar-refractivity contribution in [1.82, 2.24) is 9.80 Å². The standard InChI is InChI=1S/C13H24N2O6/c1-4-6-15(10-11(16)17)13(19)14(8-9-20-2)7-5-12(18)21-3/h4-10H2,1-3H3,(H,16,17). The molecule has 0 aliphatic rings. The maximum atomic E-state index is 12.4. The average Bonchev–Trinajstić information content (AvgIpc) is 2.45. The van der Waals surface area contributed by atoms with E-state index in [2.05, 4.69) is 4.74 Å². The number of carbonyl (C=O) groups excluding carboxylic acids is 2. The van der Waals surface area contributed by atoms with Crippen molar-refractivity contribution in [2.24, 2.45) is 0 Å². The van der Waals surface area contributed by atoms with Gasteiger partial charge < -0.3 is 24.4 Å². The van der Waals surface area contributed by atoms with Crippen LogP contribution in [0, 0.1) is 0 Å². The Bertz CT molecular complexity index is 348. The van der Waals surface area contributed by atoms with E-state index in [0.717, 1.165) is 0 Å². The summed E-state index contributed by atoms with van der Waals surface area (Å²) < 4.78 is 9.47. The number of amides is 2. The van der Waals surface area contributed by atoms with Crippen LogP contribution in [0.4, 0.5) is 4.79 Å². The lowest BCUT2D eigenvalue weighted by atomic mass is 10.3. The third-order valence-corrected chi connectivity index (χ3v) is 2.74. The molecule has 0 aromatic heterocycles. The SMILES string of the molecule is CCCN(CC(=O)O)C(=O)N(CCOC)CCC(=O)OC. The number of carbonyl (C=O) groups is 3. The molecule has 1 N–H and O–H groups in total. The quantitative estimate of drug-likeness (QED) is 0.587. The highest BCUT2D eigenvalue weighted by Crippen LogP contribution is 2.03. The number of methoxy groups -OCH3 is 2. The molecule has 0 fully saturated rings. The summed E-state index contributed by atoms with van der Waals surface area (Å²) in [5.41, 5.74) is 0. The van der Waals surface area contributed by atoms with E-state index < -0.39 is 18.0 Å². The van der Waals surface area contributed by atoms with Crippen LogP contribution < -0.4 is 0 Å². The third kappa shape index (κ3) is 8.13. The van der Waals surface area contributed by atoms with E-state index in [0.29, 0.717) is 19.6 Å². The van der Waals surface area contributed by atoms with Gasteiger partial charge in [-0.2, -0.15) is 0 Å². The van der Waals surface area contributed by atoms with Crippen LogP contribution in [0.25, 0.3) is 0 Å². The summed E-state index contributed by atoms with van der Waals surface area (Å²) in [7, 11) is 2.78. The molecule has 8 nitrogen and oxygen atoms in total. The maximum absolute atomic E-state index is 12.4. The van der Waals surface area contributed by atoms with Gasteiger partial charge in [0.15, 0.2) is 0 Å². The van der Waals surface area contributed by atoms with Gasteiger partial charge in [0.2, 0.25) is 0 Å². The molecule has 2 amide bonds. The number of nitrogens with zero attached hydrogens (tertiary/aromatic N) is 2. The molecule has 0 bridgehead atoms. The van der Waals surface area contributed by atoms with Crippen molar-refractivity contribution in [3.63, 3.8) is 0 Å². The lowest BCUT2D eigenvalue weighted by Gasteiger charge is -2.29. The molecule has 0 saturated carbocycles. The van der Waals surface area contributed by atoms with Crippen LogP contribution in [0.5, 0.6) is 0 Å². The zero-order valence-electron chi connectivity index (χ0n) is 12.8. The number of esters is 1. The Morgan fingerprint density at radius 2 is 1.71 bits per heavy atom. The van der Waals surface area contributed by atoms with Gasteiger partial charge in [0.1, 0.15) is 6.54 Å². The second kappa shape index (κ2) is 10.9. The van der Waals surface area contributed by atoms with Crippen LogP contribution in [0.1, 0.15) is 19.8 Å². The number of rotatable bonds is 10. The van der Waals surface area contributed by atoms with E-state index in [-0.39, 0.29) is 26.1 Å². The predicted molar refractivity (Wildman–Crippen MR) is 75.0 cm³/mol. The molecule has 122 valence electrons. The molecule has 0 radical (unpaired) electrons. The molecule has 8 heteroatoms. The summed E-state index contributed by atoms with van der Waals surface area (Å²) >= 11 is 0. The van der Waals surface area contributed by atoms with Crippen molar-refractivity contribution in [2.75, 3.05) is 47.0 Å². The molecule has 0 saturated heterocycles. The molecular weight excluding hydrogens is 280 g/mol. The third-order valence-electron chi connectivity index (χ3n) is 2.74. The van der Waals surface area contributed by atoms with Gasteiger partial charge in [-0.05, 0) is 6.42 Å². The smallest absolute Gasteiger partial charge is 0.323 e. The molecule has 0 aromatic rings. The summed E-state index contributed by atoms with van der Waals surface area (Å²) in [6, 6.07) is -0.416. The van der Waals surface area contributed by atoms with Gasteiger partial charge in [0.05, 0.1) is 20.1 Å².